The van der Waals surface area contributed by atoms with Gasteiger partial charge in [-0.3, -0.25) is 4.98 Å². The Balaban J connectivity index is 1.91. The zero-order chi connectivity index (χ0) is 11.0. The second kappa shape index (κ2) is 4.78. The van der Waals surface area contributed by atoms with Crippen molar-refractivity contribution in [2.45, 2.75) is 13.7 Å². The largest absolute Gasteiger partial charge is 0.265 e. The third kappa shape index (κ3) is 2.22. The first-order chi connectivity index (χ1) is 7.83. The van der Waals surface area contributed by atoms with E-state index in [0.29, 0.717) is 5.25 Å². The number of nitrogens with zero attached hydrogens (tertiary/aromatic N) is 1. The summed E-state index contributed by atoms with van der Waals surface area (Å²) in [4.78, 5) is 4.06. The molecule has 2 aromatic heterocycles. The Labute approximate surface area is 115 Å². The molecule has 82 valence electrons. The maximum Gasteiger partial charge on any atom is 0.145 e. The second-order valence-corrected chi connectivity index (χ2v) is 9.21. The summed E-state index contributed by atoms with van der Waals surface area (Å²) in [6, 6.07) is 4.21. The number of hydrogen-bond donors (Lipinski definition) is 0. The number of aromatic nitrogens is 1. The summed E-state index contributed by atoms with van der Waals surface area (Å²) in [6.07, 6.45) is 3.73. The highest BCUT2D eigenvalue weighted by Crippen LogP contribution is 2.52. The van der Waals surface area contributed by atoms with Crippen LogP contribution in [0, 0.1) is 3.14 Å². The van der Waals surface area contributed by atoms with E-state index in [9.17, 15) is 0 Å². The van der Waals surface area contributed by atoms with Gasteiger partial charge in [-0.05, 0) is 17.7 Å². The molecular formula is C10H7NS5. The van der Waals surface area contributed by atoms with Crippen molar-refractivity contribution in [3.63, 3.8) is 0 Å². The number of hydrogen-bond acceptors (Lipinski definition) is 6. The van der Waals surface area contributed by atoms with Crippen LogP contribution >= 0.6 is 58.4 Å². The van der Waals surface area contributed by atoms with Crippen molar-refractivity contribution in [2.75, 3.05) is 5.75 Å². The third-order valence-corrected chi connectivity index (χ3v) is 8.30. The predicted octanol–water partition coefficient (Wildman–Crippen LogP) is 4.87. The SMILES string of the molecule is S=c1sc2c(s1)S[C@@H](c1ccncc1)CS2. The van der Waals surface area contributed by atoms with Gasteiger partial charge in [-0.1, -0.05) is 12.2 Å². The summed E-state index contributed by atoms with van der Waals surface area (Å²) in [6.45, 7) is 0. The lowest BCUT2D eigenvalue weighted by molar-refractivity contribution is 1.08. The van der Waals surface area contributed by atoms with Crippen molar-refractivity contribution >= 4 is 58.4 Å². The molecule has 0 aliphatic carbocycles. The van der Waals surface area contributed by atoms with E-state index in [0.717, 1.165) is 8.89 Å². The Kier molecular flexibility index (Phi) is 3.35. The average molecular weight is 302 g/mol. The molecule has 3 rings (SSSR count). The van der Waals surface area contributed by atoms with Gasteiger partial charge in [0.25, 0.3) is 0 Å². The van der Waals surface area contributed by atoms with Gasteiger partial charge in [-0.25, -0.2) is 0 Å². The van der Waals surface area contributed by atoms with Crippen LogP contribution in [0.2, 0.25) is 0 Å². The van der Waals surface area contributed by atoms with E-state index >= 15 is 0 Å². The predicted molar refractivity (Wildman–Crippen MR) is 76.6 cm³/mol. The first-order valence-electron chi connectivity index (χ1n) is 4.66. The van der Waals surface area contributed by atoms with Crippen LogP contribution in [0.3, 0.4) is 0 Å². The van der Waals surface area contributed by atoms with E-state index < -0.39 is 0 Å². The van der Waals surface area contributed by atoms with E-state index in [1.54, 1.807) is 22.7 Å². The first kappa shape index (κ1) is 11.2. The van der Waals surface area contributed by atoms with Crippen LogP contribution in [-0.2, 0) is 0 Å². The number of pyridine rings is 1. The Morgan fingerprint density at radius 3 is 2.75 bits per heavy atom. The maximum atomic E-state index is 5.24. The van der Waals surface area contributed by atoms with Crippen LogP contribution in [0.4, 0.5) is 0 Å². The lowest BCUT2D eigenvalue weighted by atomic mass is 10.2. The fourth-order valence-corrected chi connectivity index (χ4v) is 8.10. The van der Waals surface area contributed by atoms with E-state index in [1.807, 2.05) is 35.9 Å². The van der Waals surface area contributed by atoms with Gasteiger partial charge in [-0.2, -0.15) is 0 Å². The third-order valence-electron chi connectivity index (χ3n) is 2.21. The van der Waals surface area contributed by atoms with E-state index in [1.165, 1.54) is 14.0 Å². The Morgan fingerprint density at radius 1 is 1.19 bits per heavy atom. The Bertz CT molecular complexity index is 544. The molecule has 0 fully saturated rings. The lowest BCUT2D eigenvalue weighted by Crippen LogP contribution is -2.00. The van der Waals surface area contributed by atoms with Crippen LogP contribution in [0.1, 0.15) is 10.8 Å². The summed E-state index contributed by atoms with van der Waals surface area (Å²) < 4.78 is 3.85. The molecule has 1 aliphatic rings. The summed E-state index contributed by atoms with van der Waals surface area (Å²) in [5, 5.41) is 0.542. The molecule has 0 amide bonds. The van der Waals surface area contributed by atoms with E-state index in [-0.39, 0.29) is 0 Å². The molecule has 2 aromatic rings. The number of thioether (sulfide) groups is 2. The Hall–Kier alpha value is 0.120. The molecule has 0 aromatic carbocycles. The average Bonchev–Trinajstić information content (AvgIpc) is 2.69. The van der Waals surface area contributed by atoms with Crippen LogP contribution in [0.25, 0.3) is 0 Å². The zero-order valence-electron chi connectivity index (χ0n) is 8.08. The van der Waals surface area contributed by atoms with E-state index in [4.69, 9.17) is 12.2 Å². The maximum absolute atomic E-state index is 5.24. The van der Waals surface area contributed by atoms with E-state index in [2.05, 4.69) is 17.1 Å². The van der Waals surface area contributed by atoms with Crippen LogP contribution in [-0.4, -0.2) is 10.7 Å². The molecule has 0 unspecified atom stereocenters. The lowest BCUT2D eigenvalue weighted by Gasteiger charge is -2.20. The van der Waals surface area contributed by atoms with Gasteiger partial charge in [0.2, 0.25) is 0 Å². The van der Waals surface area contributed by atoms with Gasteiger partial charge in [0.05, 0.1) is 8.42 Å². The molecule has 0 spiro atoms. The van der Waals surface area contributed by atoms with Crippen molar-refractivity contribution in [1.29, 1.82) is 0 Å². The quantitative estimate of drug-likeness (QED) is 0.696. The van der Waals surface area contributed by atoms with Gasteiger partial charge in [0, 0.05) is 23.4 Å². The molecule has 6 heteroatoms. The van der Waals surface area contributed by atoms with Crippen LogP contribution < -0.4 is 0 Å². The number of rotatable bonds is 1. The molecular weight excluding hydrogens is 294 g/mol. The second-order valence-electron chi connectivity index (χ2n) is 3.23. The monoisotopic (exact) mass is 301 g/mol. The minimum Gasteiger partial charge on any atom is -0.265 e. The standard InChI is InChI=1S/C10H7NS5/c12-10-15-8-9(16-10)14-7(5-13-8)6-1-3-11-4-2-6/h1-4,7H,5H2/t7-/m1/s1. The van der Waals surface area contributed by atoms with Crippen molar-refractivity contribution in [3.05, 3.63) is 33.2 Å². The molecule has 0 saturated carbocycles. The highest BCUT2D eigenvalue weighted by molar-refractivity contribution is 8.08. The molecule has 0 bridgehead atoms. The molecule has 0 saturated heterocycles. The van der Waals surface area contributed by atoms with Crippen LogP contribution in [0.15, 0.2) is 32.9 Å². The van der Waals surface area contributed by atoms with Gasteiger partial charge < -0.3 is 0 Å². The summed E-state index contributed by atoms with van der Waals surface area (Å²) in [5.74, 6) is 1.13. The molecule has 1 nitrogen and oxygen atoms in total. The smallest absolute Gasteiger partial charge is 0.145 e. The van der Waals surface area contributed by atoms with Gasteiger partial charge >= 0.3 is 0 Å². The van der Waals surface area contributed by atoms with Crippen molar-refractivity contribution in [3.8, 4) is 0 Å². The highest BCUT2D eigenvalue weighted by atomic mass is 32.2. The molecule has 0 N–H and O–H groups in total. The molecule has 16 heavy (non-hydrogen) atoms. The minimum absolute atomic E-state index is 0.542. The van der Waals surface area contributed by atoms with Crippen molar-refractivity contribution < 1.29 is 0 Å². The van der Waals surface area contributed by atoms with Crippen LogP contribution in [0.5, 0.6) is 0 Å². The Morgan fingerprint density at radius 2 is 1.94 bits per heavy atom. The van der Waals surface area contributed by atoms with Gasteiger partial charge in [-0.15, -0.1) is 46.2 Å². The van der Waals surface area contributed by atoms with Crippen molar-refractivity contribution in [1.82, 2.24) is 4.98 Å². The first-order valence-corrected chi connectivity index (χ1v) is 8.57. The molecule has 0 radical (unpaired) electrons. The summed E-state index contributed by atoms with van der Waals surface area (Å²) in [5.41, 5.74) is 1.36. The van der Waals surface area contributed by atoms with Gasteiger partial charge in [0.1, 0.15) is 3.14 Å². The molecule has 1 atom stereocenters. The summed E-state index contributed by atoms with van der Waals surface area (Å²) >= 11 is 12.6. The molecule has 1 aliphatic heterocycles. The minimum atomic E-state index is 0.542. The molecule has 3 heterocycles. The zero-order valence-corrected chi connectivity index (χ0v) is 12.2. The topological polar surface area (TPSA) is 12.9 Å². The fourth-order valence-electron chi connectivity index (χ4n) is 1.47. The fraction of sp³-hybridized carbons (Fsp3) is 0.200. The highest BCUT2D eigenvalue weighted by Gasteiger charge is 2.23. The normalized spacial score (nSPS) is 19.4. The number of fused-ring (bicyclic) bond motifs is 1. The van der Waals surface area contributed by atoms with Gasteiger partial charge in [0.15, 0.2) is 0 Å². The summed E-state index contributed by atoms with van der Waals surface area (Å²) in [7, 11) is 0. The van der Waals surface area contributed by atoms with Crippen molar-refractivity contribution in [2.24, 2.45) is 0 Å².